The molecule has 0 saturated heterocycles. The number of anilines is 1. The number of amides is 2. The van der Waals surface area contributed by atoms with Crippen LogP contribution in [0.4, 0.5) is 5.69 Å². The fraction of sp³-hybridized carbons (Fsp3) is 0.316. The molecule has 0 unspecified atom stereocenters. The van der Waals surface area contributed by atoms with Crippen molar-refractivity contribution in [2.75, 3.05) is 10.8 Å². The van der Waals surface area contributed by atoms with Gasteiger partial charge in [-0.05, 0) is 79.8 Å². The molecule has 1 fully saturated rings. The predicted octanol–water partition coefficient (Wildman–Crippen LogP) is 8.00. The van der Waals surface area contributed by atoms with Gasteiger partial charge in [0.05, 0.1) is 10.6 Å². The largest absolute Gasteiger partial charge is 0.352 e. The first-order chi connectivity index (χ1) is 23.0. The van der Waals surface area contributed by atoms with Crippen molar-refractivity contribution in [3.05, 3.63) is 129 Å². The standard InChI is InChI=1S/C38H41BrClN3O4S/c1-27-19-21-33(22-20-27)48(46,47)43(35-18-10-17-34(40)28(35)2)26-37(44)42(25-30-13-9-14-31(39)23-30)36(24-29-11-5-3-6-12-29)38(45)41-32-15-7-4-8-16-32/h3,5-6,9-14,17-23,32,36H,4,7-8,15-16,24-26H2,1-2H3,(H,41,45)/t36-/m0/s1. The Morgan fingerprint density at radius 3 is 2.23 bits per heavy atom. The molecule has 4 aromatic rings. The molecule has 0 aliphatic heterocycles. The fourth-order valence-electron chi connectivity index (χ4n) is 6.15. The van der Waals surface area contributed by atoms with E-state index in [0.29, 0.717) is 16.3 Å². The zero-order valence-corrected chi connectivity index (χ0v) is 30.4. The summed E-state index contributed by atoms with van der Waals surface area (Å²) in [5.41, 5.74) is 3.42. The van der Waals surface area contributed by atoms with Crippen LogP contribution in [0.2, 0.25) is 5.02 Å². The number of rotatable bonds is 12. The van der Waals surface area contributed by atoms with Crippen LogP contribution < -0.4 is 9.62 Å². The Balaban J connectivity index is 1.59. The van der Waals surface area contributed by atoms with Gasteiger partial charge in [-0.25, -0.2) is 8.42 Å². The third-order valence-corrected chi connectivity index (χ3v) is 11.5. The Morgan fingerprint density at radius 1 is 0.875 bits per heavy atom. The molecule has 1 atom stereocenters. The zero-order chi connectivity index (χ0) is 34.3. The van der Waals surface area contributed by atoms with E-state index in [1.165, 1.54) is 17.0 Å². The number of nitrogens with one attached hydrogen (secondary N) is 1. The monoisotopic (exact) mass is 749 g/mol. The molecule has 0 radical (unpaired) electrons. The lowest BCUT2D eigenvalue weighted by atomic mass is 9.94. The number of nitrogens with zero attached hydrogens (tertiary/aromatic N) is 2. The van der Waals surface area contributed by atoms with Crippen LogP contribution in [0.3, 0.4) is 0 Å². The van der Waals surface area contributed by atoms with Crippen LogP contribution in [0.1, 0.15) is 54.4 Å². The van der Waals surface area contributed by atoms with Crippen LogP contribution in [0.25, 0.3) is 0 Å². The quantitative estimate of drug-likeness (QED) is 0.159. The molecular formula is C38H41BrClN3O4S. The summed E-state index contributed by atoms with van der Waals surface area (Å²) in [6.07, 6.45) is 5.27. The predicted molar refractivity (Wildman–Crippen MR) is 196 cm³/mol. The average Bonchev–Trinajstić information content (AvgIpc) is 3.07. The van der Waals surface area contributed by atoms with Crippen molar-refractivity contribution in [2.24, 2.45) is 0 Å². The van der Waals surface area contributed by atoms with E-state index in [1.54, 1.807) is 37.3 Å². The van der Waals surface area contributed by atoms with Crippen molar-refractivity contribution in [1.82, 2.24) is 10.2 Å². The molecule has 4 aromatic carbocycles. The van der Waals surface area contributed by atoms with Gasteiger partial charge in [0.15, 0.2) is 0 Å². The minimum absolute atomic E-state index is 0.0277. The van der Waals surface area contributed by atoms with Gasteiger partial charge in [-0.1, -0.05) is 113 Å². The molecule has 252 valence electrons. The van der Waals surface area contributed by atoms with Crippen LogP contribution in [-0.4, -0.2) is 43.8 Å². The molecule has 1 saturated carbocycles. The molecule has 48 heavy (non-hydrogen) atoms. The summed E-state index contributed by atoms with van der Waals surface area (Å²) in [6.45, 7) is 3.17. The van der Waals surface area contributed by atoms with E-state index in [2.05, 4.69) is 21.2 Å². The number of benzene rings is 4. The number of sulfonamides is 1. The molecule has 0 aromatic heterocycles. The molecule has 5 rings (SSSR count). The summed E-state index contributed by atoms with van der Waals surface area (Å²) in [6, 6.07) is 27.8. The normalized spacial score (nSPS) is 14.2. The molecule has 0 heterocycles. The van der Waals surface area contributed by atoms with E-state index < -0.39 is 28.5 Å². The third kappa shape index (κ3) is 8.87. The van der Waals surface area contributed by atoms with Crippen LogP contribution in [0.5, 0.6) is 0 Å². The number of hydrogen-bond acceptors (Lipinski definition) is 4. The molecule has 10 heteroatoms. The number of aryl methyl sites for hydroxylation is 1. The summed E-state index contributed by atoms with van der Waals surface area (Å²) in [4.78, 5) is 30.6. The maximum Gasteiger partial charge on any atom is 0.264 e. The Labute approximate surface area is 297 Å². The number of hydrogen-bond donors (Lipinski definition) is 1. The molecule has 1 aliphatic carbocycles. The van der Waals surface area contributed by atoms with Crippen LogP contribution in [0.15, 0.2) is 106 Å². The lowest BCUT2D eigenvalue weighted by Crippen LogP contribution is -2.55. The molecule has 1 aliphatic rings. The lowest BCUT2D eigenvalue weighted by molar-refractivity contribution is -0.140. The van der Waals surface area contributed by atoms with Gasteiger partial charge in [0.1, 0.15) is 12.6 Å². The second-order valence-corrected chi connectivity index (χ2v) is 15.6. The van der Waals surface area contributed by atoms with Gasteiger partial charge in [0.25, 0.3) is 10.0 Å². The highest BCUT2D eigenvalue weighted by molar-refractivity contribution is 9.10. The van der Waals surface area contributed by atoms with Crippen molar-refractivity contribution in [1.29, 1.82) is 0 Å². The minimum Gasteiger partial charge on any atom is -0.352 e. The van der Waals surface area contributed by atoms with E-state index in [9.17, 15) is 18.0 Å². The molecule has 7 nitrogen and oxygen atoms in total. The smallest absolute Gasteiger partial charge is 0.264 e. The summed E-state index contributed by atoms with van der Waals surface area (Å²) < 4.78 is 30.7. The Bertz CT molecular complexity index is 1830. The van der Waals surface area contributed by atoms with E-state index in [1.807, 2.05) is 61.5 Å². The summed E-state index contributed by atoms with van der Waals surface area (Å²) in [5.74, 6) is -0.759. The van der Waals surface area contributed by atoms with Gasteiger partial charge in [-0.15, -0.1) is 0 Å². The maximum atomic E-state index is 14.8. The summed E-state index contributed by atoms with van der Waals surface area (Å²) in [5, 5.41) is 3.62. The summed E-state index contributed by atoms with van der Waals surface area (Å²) >= 11 is 10.0. The highest BCUT2D eigenvalue weighted by Gasteiger charge is 2.36. The maximum absolute atomic E-state index is 14.8. The average molecular weight is 751 g/mol. The first-order valence-electron chi connectivity index (χ1n) is 16.3. The highest BCUT2D eigenvalue weighted by Crippen LogP contribution is 2.32. The Morgan fingerprint density at radius 2 is 1.54 bits per heavy atom. The molecule has 1 N–H and O–H groups in total. The zero-order valence-electron chi connectivity index (χ0n) is 27.2. The Hall–Kier alpha value is -3.66. The van der Waals surface area contributed by atoms with Crippen LogP contribution in [0, 0.1) is 13.8 Å². The fourth-order valence-corrected chi connectivity index (χ4v) is 8.24. The van der Waals surface area contributed by atoms with E-state index >= 15 is 0 Å². The van der Waals surface area contributed by atoms with Crippen molar-refractivity contribution < 1.29 is 18.0 Å². The number of halogens is 2. The minimum atomic E-state index is -4.23. The van der Waals surface area contributed by atoms with E-state index in [-0.39, 0.29) is 29.8 Å². The first kappa shape index (κ1) is 35.6. The van der Waals surface area contributed by atoms with Crippen LogP contribution in [-0.2, 0) is 32.6 Å². The molecule has 0 spiro atoms. The number of carbonyl (C=O) groups is 2. The van der Waals surface area contributed by atoms with Crippen molar-refractivity contribution in [3.8, 4) is 0 Å². The Kier molecular flexibility index (Phi) is 12.0. The second-order valence-electron chi connectivity index (χ2n) is 12.4. The number of carbonyl (C=O) groups excluding carboxylic acids is 2. The topological polar surface area (TPSA) is 86.8 Å². The van der Waals surface area contributed by atoms with Crippen molar-refractivity contribution >= 4 is 55.1 Å². The third-order valence-electron chi connectivity index (χ3n) is 8.86. The summed E-state index contributed by atoms with van der Waals surface area (Å²) in [7, 11) is -4.23. The lowest BCUT2D eigenvalue weighted by Gasteiger charge is -2.35. The van der Waals surface area contributed by atoms with E-state index in [4.69, 9.17) is 11.6 Å². The highest BCUT2D eigenvalue weighted by atomic mass is 79.9. The van der Waals surface area contributed by atoms with Gasteiger partial charge in [0.2, 0.25) is 11.8 Å². The molecule has 2 amide bonds. The van der Waals surface area contributed by atoms with Gasteiger partial charge >= 0.3 is 0 Å². The van der Waals surface area contributed by atoms with Crippen molar-refractivity contribution in [3.63, 3.8) is 0 Å². The molecular weight excluding hydrogens is 710 g/mol. The second kappa shape index (κ2) is 16.2. The van der Waals surface area contributed by atoms with Crippen LogP contribution >= 0.6 is 27.5 Å². The van der Waals surface area contributed by atoms with Gasteiger partial charge in [0, 0.05) is 28.5 Å². The first-order valence-corrected chi connectivity index (χ1v) is 18.9. The van der Waals surface area contributed by atoms with Gasteiger partial charge in [-0.2, -0.15) is 0 Å². The van der Waals surface area contributed by atoms with E-state index in [0.717, 1.165) is 57.6 Å². The van der Waals surface area contributed by atoms with Crippen molar-refractivity contribution in [2.45, 2.75) is 75.9 Å². The van der Waals surface area contributed by atoms with Gasteiger partial charge < -0.3 is 10.2 Å². The SMILES string of the molecule is Cc1ccc(S(=O)(=O)N(CC(=O)N(Cc2cccc(Br)c2)[C@@H](Cc2ccccc2)C(=O)NC2CCCCC2)c2cccc(Cl)c2C)cc1. The van der Waals surface area contributed by atoms with Gasteiger partial charge in [-0.3, -0.25) is 13.9 Å². The molecule has 0 bridgehead atoms.